The van der Waals surface area contributed by atoms with Gasteiger partial charge in [0.25, 0.3) is 6.01 Å². The van der Waals surface area contributed by atoms with Crippen LogP contribution in [0.1, 0.15) is 24.4 Å². The summed E-state index contributed by atoms with van der Waals surface area (Å²) in [5.41, 5.74) is 0.982. The fourth-order valence-electron chi connectivity index (χ4n) is 2.40. The second-order valence-corrected chi connectivity index (χ2v) is 5.24. The molecule has 0 spiro atoms. The average molecular weight is 259 g/mol. The molecule has 6 heteroatoms. The third-order valence-electron chi connectivity index (χ3n) is 3.70. The Balaban J connectivity index is 1.44. The molecule has 0 bridgehead atoms. The molecule has 1 aliphatic heterocycles. The van der Waals surface area contributed by atoms with Crippen LogP contribution in [0.5, 0.6) is 0 Å². The van der Waals surface area contributed by atoms with Gasteiger partial charge in [-0.3, -0.25) is 0 Å². The summed E-state index contributed by atoms with van der Waals surface area (Å²) in [5, 5.41) is 3.44. The second-order valence-electron chi connectivity index (χ2n) is 5.24. The molecule has 19 heavy (non-hydrogen) atoms. The molecule has 1 fully saturated rings. The van der Waals surface area contributed by atoms with E-state index < -0.39 is 0 Å². The summed E-state index contributed by atoms with van der Waals surface area (Å²) in [7, 11) is 0. The molecular formula is C13H17N5O. The number of hydrogen-bond acceptors (Lipinski definition) is 5. The first-order valence-electron chi connectivity index (χ1n) is 6.81. The van der Waals surface area contributed by atoms with Crippen LogP contribution in [0.3, 0.4) is 0 Å². The predicted molar refractivity (Wildman–Crippen MR) is 69.6 cm³/mol. The third kappa shape index (κ3) is 2.23. The summed E-state index contributed by atoms with van der Waals surface area (Å²) in [6.45, 7) is 3.42. The van der Waals surface area contributed by atoms with Crippen LogP contribution in [0, 0.1) is 0 Å². The molecule has 0 amide bonds. The maximum Gasteiger partial charge on any atom is 0.297 e. The van der Waals surface area contributed by atoms with Gasteiger partial charge in [0.05, 0.1) is 12.2 Å². The Hall–Kier alpha value is -1.82. The van der Waals surface area contributed by atoms with Gasteiger partial charge in [-0.05, 0) is 12.8 Å². The van der Waals surface area contributed by atoms with E-state index in [0.717, 1.165) is 37.7 Å². The molecule has 0 radical (unpaired) electrons. The average Bonchev–Trinajstić information content (AvgIpc) is 2.96. The summed E-state index contributed by atoms with van der Waals surface area (Å²) in [5.74, 6) is 1.07. The summed E-state index contributed by atoms with van der Waals surface area (Å²) in [6.07, 6.45) is 8.21. The zero-order valence-electron chi connectivity index (χ0n) is 10.7. The van der Waals surface area contributed by atoms with Gasteiger partial charge < -0.3 is 19.2 Å². The Labute approximate surface area is 111 Å². The maximum absolute atomic E-state index is 5.59. The van der Waals surface area contributed by atoms with Gasteiger partial charge in [0.15, 0.2) is 0 Å². The lowest BCUT2D eigenvalue weighted by atomic mass is 10.4. The number of rotatable bonds is 4. The van der Waals surface area contributed by atoms with Gasteiger partial charge in [0, 0.05) is 38.1 Å². The van der Waals surface area contributed by atoms with Gasteiger partial charge in [0.2, 0.25) is 0 Å². The largest absolute Gasteiger partial charge is 0.432 e. The molecule has 1 aliphatic carbocycles. The standard InChI is InChI=1S/C13H17N5O/c1-2-10(1)15-7-11-9-19-13(16-11)18-6-5-17-4-3-14-12(17)8-18/h3-4,9-10,15H,1-2,5-8H2. The van der Waals surface area contributed by atoms with Crippen molar-refractivity contribution < 1.29 is 4.42 Å². The highest BCUT2D eigenvalue weighted by Gasteiger charge is 2.22. The number of fused-ring (bicyclic) bond motifs is 1. The molecule has 3 heterocycles. The van der Waals surface area contributed by atoms with Crippen molar-refractivity contribution in [3.8, 4) is 0 Å². The summed E-state index contributed by atoms with van der Waals surface area (Å²) in [4.78, 5) is 11.0. The lowest BCUT2D eigenvalue weighted by molar-refractivity contribution is 0.484. The van der Waals surface area contributed by atoms with Crippen LogP contribution < -0.4 is 10.2 Å². The molecule has 100 valence electrons. The fourth-order valence-corrected chi connectivity index (χ4v) is 2.40. The number of imidazole rings is 1. The van der Waals surface area contributed by atoms with E-state index in [1.54, 1.807) is 6.26 Å². The van der Waals surface area contributed by atoms with Gasteiger partial charge in [-0.1, -0.05) is 0 Å². The highest BCUT2D eigenvalue weighted by molar-refractivity contribution is 5.29. The molecular weight excluding hydrogens is 242 g/mol. The zero-order valence-corrected chi connectivity index (χ0v) is 10.7. The first-order valence-corrected chi connectivity index (χ1v) is 6.81. The van der Waals surface area contributed by atoms with Gasteiger partial charge in [0.1, 0.15) is 12.1 Å². The van der Waals surface area contributed by atoms with E-state index in [4.69, 9.17) is 4.42 Å². The molecule has 2 aromatic rings. The molecule has 4 rings (SSSR count). The Morgan fingerprint density at radius 3 is 3.21 bits per heavy atom. The second kappa shape index (κ2) is 4.38. The van der Waals surface area contributed by atoms with Crippen molar-refractivity contribution in [2.75, 3.05) is 11.4 Å². The molecule has 6 nitrogen and oxygen atoms in total. The number of nitrogens with zero attached hydrogens (tertiary/aromatic N) is 4. The smallest absolute Gasteiger partial charge is 0.297 e. The van der Waals surface area contributed by atoms with Crippen molar-refractivity contribution in [1.29, 1.82) is 0 Å². The normalized spacial score (nSPS) is 18.6. The lowest BCUT2D eigenvalue weighted by Crippen LogP contribution is -2.33. The third-order valence-corrected chi connectivity index (χ3v) is 3.70. The van der Waals surface area contributed by atoms with Gasteiger partial charge in [-0.25, -0.2) is 4.98 Å². The highest BCUT2D eigenvalue weighted by Crippen LogP contribution is 2.21. The Morgan fingerprint density at radius 2 is 2.32 bits per heavy atom. The minimum atomic E-state index is 0.697. The van der Waals surface area contributed by atoms with Crippen LogP contribution in [0.15, 0.2) is 23.1 Å². The minimum Gasteiger partial charge on any atom is -0.432 e. The number of oxazole rings is 1. The van der Waals surface area contributed by atoms with Gasteiger partial charge in [-0.15, -0.1) is 0 Å². The van der Waals surface area contributed by atoms with Crippen molar-refractivity contribution in [3.05, 3.63) is 30.2 Å². The number of nitrogens with one attached hydrogen (secondary N) is 1. The Bertz CT molecular complexity index is 571. The van der Waals surface area contributed by atoms with Crippen LogP contribution in [0.2, 0.25) is 0 Å². The van der Waals surface area contributed by atoms with E-state index in [9.17, 15) is 0 Å². The van der Waals surface area contributed by atoms with E-state index in [2.05, 4.69) is 24.8 Å². The monoisotopic (exact) mass is 259 g/mol. The van der Waals surface area contributed by atoms with Crippen LogP contribution in [-0.4, -0.2) is 27.1 Å². The van der Waals surface area contributed by atoms with E-state index in [-0.39, 0.29) is 0 Å². The molecule has 1 saturated carbocycles. The van der Waals surface area contributed by atoms with E-state index in [0.29, 0.717) is 12.1 Å². The van der Waals surface area contributed by atoms with E-state index >= 15 is 0 Å². The van der Waals surface area contributed by atoms with Crippen molar-refractivity contribution in [1.82, 2.24) is 19.9 Å². The number of aromatic nitrogens is 3. The van der Waals surface area contributed by atoms with Crippen molar-refractivity contribution in [2.45, 2.75) is 38.5 Å². The highest BCUT2D eigenvalue weighted by atomic mass is 16.4. The van der Waals surface area contributed by atoms with Crippen molar-refractivity contribution >= 4 is 6.01 Å². The molecule has 2 aromatic heterocycles. The van der Waals surface area contributed by atoms with Gasteiger partial charge in [-0.2, -0.15) is 4.98 Å². The molecule has 0 atom stereocenters. The zero-order chi connectivity index (χ0) is 12.7. The first-order chi connectivity index (χ1) is 9.38. The first kappa shape index (κ1) is 11.0. The fraction of sp³-hybridized carbons (Fsp3) is 0.538. The van der Waals surface area contributed by atoms with Crippen LogP contribution in [0.25, 0.3) is 0 Å². The van der Waals surface area contributed by atoms with Crippen molar-refractivity contribution in [3.63, 3.8) is 0 Å². The topological polar surface area (TPSA) is 59.1 Å². The summed E-state index contributed by atoms with van der Waals surface area (Å²) >= 11 is 0. The number of hydrogen-bond donors (Lipinski definition) is 1. The Morgan fingerprint density at radius 1 is 1.37 bits per heavy atom. The molecule has 1 N–H and O–H groups in total. The molecule has 2 aliphatic rings. The summed E-state index contributed by atoms with van der Waals surface area (Å²) in [6, 6.07) is 1.41. The SMILES string of the molecule is c1cn2c(n1)CN(c1nc(CNC3CC3)co1)CC2. The Kier molecular flexibility index (Phi) is 2.55. The van der Waals surface area contributed by atoms with Crippen molar-refractivity contribution in [2.24, 2.45) is 0 Å². The minimum absolute atomic E-state index is 0.697. The lowest BCUT2D eigenvalue weighted by Gasteiger charge is -2.25. The van der Waals surface area contributed by atoms with Gasteiger partial charge >= 0.3 is 0 Å². The van der Waals surface area contributed by atoms with E-state index in [1.165, 1.54) is 12.8 Å². The quantitative estimate of drug-likeness (QED) is 0.892. The van der Waals surface area contributed by atoms with E-state index in [1.807, 2.05) is 12.4 Å². The molecule has 0 aromatic carbocycles. The predicted octanol–water partition coefficient (Wildman–Crippen LogP) is 1.14. The van der Waals surface area contributed by atoms with Crippen LogP contribution in [0.4, 0.5) is 6.01 Å². The molecule has 0 unspecified atom stereocenters. The maximum atomic E-state index is 5.59. The molecule has 0 saturated heterocycles. The number of anilines is 1. The van der Waals surface area contributed by atoms with Crippen LogP contribution >= 0.6 is 0 Å². The summed E-state index contributed by atoms with van der Waals surface area (Å²) < 4.78 is 7.76. The van der Waals surface area contributed by atoms with Crippen LogP contribution in [-0.2, 0) is 19.6 Å².